The lowest BCUT2D eigenvalue weighted by atomic mass is 10.5. The second-order valence-corrected chi connectivity index (χ2v) is 7.07. The fourth-order valence-corrected chi connectivity index (χ4v) is 3.42. The normalized spacial score (nSPS) is 10.1. The molecule has 0 N–H and O–H groups in total. The maximum absolute atomic E-state index is 10.8. The smallest absolute Gasteiger partial charge is 0.330 e. The van der Waals surface area contributed by atoms with Crippen molar-refractivity contribution in [3.05, 3.63) is 25.5 Å². The van der Waals surface area contributed by atoms with Gasteiger partial charge < -0.3 is 18.3 Å². The maximum atomic E-state index is 10.8. The lowest BCUT2D eigenvalue weighted by Crippen LogP contribution is -2.29. The van der Waals surface area contributed by atoms with Crippen LogP contribution in [0, 0.1) is 0 Å². The Bertz CT molecular complexity index is 344. The first-order chi connectivity index (χ1) is 10.7. The van der Waals surface area contributed by atoms with Gasteiger partial charge in [0.2, 0.25) is 0 Å². The summed E-state index contributed by atoms with van der Waals surface area (Å²) in [6.45, 7) is 16.2. The third-order valence-corrected chi connectivity index (χ3v) is 4.67. The van der Waals surface area contributed by atoms with Gasteiger partial charge >= 0.3 is 21.2 Å². The van der Waals surface area contributed by atoms with E-state index in [4.69, 9.17) is 13.6 Å². The van der Waals surface area contributed by atoms with Crippen molar-refractivity contribution in [2.24, 2.45) is 0 Å². The van der Waals surface area contributed by atoms with Gasteiger partial charge in [-0.05, 0) is 40.2 Å². The molecule has 0 saturated carbocycles. The molecule has 0 radical (unpaired) electrons. The maximum Gasteiger partial charge on any atom is 0.330 e. The number of carbonyl (C=O) groups excluding carboxylic acids is 2. The van der Waals surface area contributed by atoms with Gasteiger partial charge in [0.1, 0.15) is 0 Å². The van der Waals surface area contributed by atoms with Crippen molar-refractivity contribution in [1.29, 1.82) is 0 Å². The van der Waals surface area contributed by atoms with E-state index in [2.05, 4.69) is 17.9 Å². The molecule has 0 fully saturated rings. The Labute approximate surface area is 141 Å². The largest absolute Gasteiger partial charge is 0.463 e. The fourth-order valence-electron chi connectivity index (χ4n) is 1.37. The first kappa shape index (κ1) is 23.8. The molecule has 0 aliphatic rings. The van der Waals surface area contributed by atoms with E-state index in [0.29, 0.717) is 6.61 Å². The van der Waals surface area contributed by atoms with Gasteiger partial charge in [0, 0.05) is 25.2 Å². The quantitative estimate of drug-likeness (QED) is 0.199. The zero-order valence-corrected chi connectivity index (χ0v) is 16.0. The number of esters is 2. The third kappa shape index (κ3) is 20.6. The summed E-state index contributed by atoms with van der Waals surface area (Å²) < 4.78 is 20.6. The monoisotopic (exact) mass is 346 g/mol. The van der Waals surface area contributed by atoms with Gasteiger partial charge in [-0.3, -0.25) is 4.79 Å². The van der Waals surface area contributed by atoms with Crippen LogP contribution >= 0.6 is 0 Å². The lowest BCUT2D eigenvalue weighted by molar-refractivity contribution is -0.138. The number of carbonyl (C=O) groups is 2. The molecule has 0 aromatic carbocycles. The highest BCUT2D eigenvalue weighted by Crippen LogP contribution is 2.07. The molecule has 0 aliphatic carbocycles. The van der Waals surface area contributed by atoms with Gasteiger partial charge in [0.25, 0.3) is 0 Å². The van der Waals surface area contributed by atoms with Crippen LogP contribution in [0.3, 0.4) is 0 Å². The van der Waals surface area contributed by atoms with E-state index >= 15 is 0 Å². The van der Waals surface area contributed by atoms with E-state index in [-0.39, 0.29) is 24.1 Å². The molecule has 0 unspecified atom stereocenters. The minimum Gasteiger partial charge on any atom is -0.463 e. The summed E-state index contributed by atoms with van der Waals surface area (Å²) in [5.41, 5.74) is 0. The fraction of sp³-hybridized carbons (Fsp3) is 0.625. The molecule has 0 aromatic heterocycles. The van der Waals surface area contributed by atoms with Crippen LogP contribution in [0.2, 0.25) is 6.04 Å². The highest BCUT2D eigenvalue weighted by molar-refractivity contribution is 6.44. The second kappa shape index (κ2) is 15.5. The summed E-state index contributed by atoms with van der Waals surface area (Å²) in [7, 11) is -1.64. The Hall–Kier alpha value is -1.44. The lowest BCUT2D eigenvalue weighted by Gasteiger charge is -2.21. The molecule has 7 heteroatoms. The van der Waals surface area contributed by atoms with E-state index in [1.807, 2.05) is 27.7 Å². The topological polar surface area (TPSA) is 71.1 Å². The Kier molecular flexibility index (Phi) is 16.0. The van der Waals surface area contributed by atoms with Gasteiger partial charge in [-0.2, -0.15) is 0 Å². The molecule has 6 nitrogen and oxygen atoms in total. The molecule has 0 atom stereocenters. The van der Waals surface area contributed by atoms with Crippen LogP contribution in [0.1, 0.15) is 41.0 Å². The highest BCUT2D eigenvalue weighted by atomic mass is 28.3. The summed E-state index contributed by atoms with van der Waals surface area (Å²) in [5.74, 6) is -0.706. The SMILES string of the molecule is C=CC(=O)OCCC[SiH](OC(C)C)OC(C)C.C=COC(C)=O. The van der Waals surface area contributed by atoms with Crippen molar-refractivity contribution in [1.82, 2.24) is 0 Å². The van der Waals surface area contributed by atoms with Gasteiger partial charge in [-0.25, -0.2) is 4.79 Å². The predicted octanol–water partition coefficient (Wildman–Crippen LogP) is 2.87. The van der Waals surface area contributed by atoms with Gasteiger partial charge in [-0.1, -0.05) is 13.2 Å². The zero-order chi connectivity index (χ0) is 18.3. The van der Waals surface area contributed by atoms with Crippen molar-refractivity contribution < 1.29 is 27.9 Å². The molecule has 0 rings (SSSR count). The van der Waals surface area contributed by atoms with Crippen LogP contribution < -0.4 is 0 Å². The summed E-state index contributed by atoms with van der Waals surface area (Å²) in [4.78, 5) is 20.6. The van der Waals surface area contributed by atoms with Gasteiger partial charge in [0.05, 0.1) is 12.9 Å². The van der Waals surface area contributed by atoms with Crippen molar-refractivity contribution in [3.8, 4) is 0 Å². The van der Waals surface area contributed by atoms with Crippen molar-refractivity contribution in [2.75, 3.05) is 6.61 Å². The summed E-state index contributed by atoms with van der Waals surface area (Å²) >= 11 is 0. The van der Waals surface area contributed by atoms with Crippen LogP contribution in [0.5, 0.6) is 0 Å². The zero-order valence-electron chi connectivity index (χ0n) is 14.9. The molecule has 134 valence electrons. The van der Waals surface area contributed by atoms with Crippen LogP contribution in [0.4, 0.5) is 0 Å². The molecular formula is C16H30O6Si. The number of hydrogen-bond donors (Lipinski definition) is 0. The average molecular weight is 346 g/mol. The molecule has 0 heterocycles. The molecule has 0 saturated heterocycles. The molecule has 0 aliphatic heterocycles. The number of ether oxygens (including phenoxy) is 2. The molecule has 0 aromatic rings. The van der Waals surface area contributed by atoms with Gasteiger partial charge in [0.15, 0.2) is 0 Å². The number of hydrogen-bond acceptors (Lipinski definition) is 6. The van der Waals surface area contributed by atoms with E-state index in [1.54, 1.807) is 0 Å². The highest BCUT2D eigenvalue weighted by Gasteiger charge is 2.16. The van der Waals surface area contributed by atoms with Gasteiger partial charge in [-0.15, -0.1) is 0 Å². The molecule has 23 heavy (non-hydrogen) atoms. The van der Waals surface area contributed by atoms with Crippen molar-refractivity contribution in [2.45, 2.75) is 59.3 Å². The van der Waals surface area contributed by atoms with Crippen molar-refractivity contribution >= 4 is 21.2 Å². The summed E-state index contributed by atoms with van der Waals surface area (Å²) in [5, 5.41) is 0. The first-order valence-corrected chi connectivity index (χ1v) is 9.37. The Morgan fingerprint density at radius 3 is 1.91 bits per heavy atom. The summed E-state index contributed by atoms with van der Waals surface area (Å²) in [6.07, 6.45) is 3.41. The van der Waals surface area contributed by atoms with Crippen molar-refractivity contribution in [3.63, 3.8) is 0 Å². The molecule has 0 spiro atoms. The summed E-state index contributed by atoms with van der Waals surface area (Å²) in [6, 6.07) is 0.848. The first-order valence-electron chi connectivity index (χ1n) is 7.61. The number of rotatable bonds is 10. The third-order valence-electron chi connectivity index (χ3n) is 2.09. The van der Waals surface area contributed by atoms with E-state index in [1.165, 1.54) is 13.0 Å². The second-order valence-electron chi connectivity index (χ2n) is 5.09. The van der Waals surface area contributed by atoms with Crippen LogP contribution in [-0.2, 0) is 27.9 Å². The Morgan fingerprint density at radius 2 is 1.61 bits per heavy atom. The van der Waals surface area contributed by atoms with Crippen LogP contribution in [0.15, 0.2) is 25.5 Å². The van der Waals surface area contributed by atoms with E-state index < -0.39 is 9.28 Å². The Balaban J connectivity index is 0. The minimum atomic E-state index is -1.64. The average Bonchev–Trinajstić information content (AvgIpc) is 2.42. The standard InChI is InChI=1S/C12H24O4Si.C4H6O2/c1-6-12(13)14-8-7-9-17(15-10(2)3)16-11(4)5;1-3-6-4(2)5/h6,10-11,17H,1,7-9H2,2-5H3;3H,1H2,2H3. The van der Waals surface area contributed by atoms with Crippen LogP contribution in [-0.4, -0.2) is 40.0 Å². The molecule has 0 amide bonds. The van der Waals surface area contributed by atoms with E-state index in [9.17, 15) is 9.59 Å². The predicted molar refractivity (Wildman–Crippen MR) is 92.1 cm³/mol. The minimum absolute atomic E-state index is 0.182. The van der Waals surface area contributed by atoms with E-state index in [0.717, 1.165) is 18.7 Å². The van der Waals surface area contributed by atoms with Crippen LogP contribution in [0.25, 0.3) is 0 Å². The Morgan fingerprint density at radius 1 is 1.09 bits per heavy atom. The molecule has 0 bridgehead atoms. The molecular weight excluding hydrogens is 316 g/mol.